The lowest BCUT2D eigenvalue weighted by Crippen LogP contribution is -2.46. The Morgan fingerprint density at radius 2 is 2.24 bits per heavy atom. The van der Waals surface area contributed by atoms with Crippen molar-refractivity contribution in [2.24, 2.45) is 31.6 Å². The van der Waals surface area contributed by atoms with Crippen molar-refractivity contribution in [3.8, 4) is 0 Å². The number of aliphatic hydroxyl groups excluding tert-OH is 1. The van der Waals surface area contributed by atoms with Crippen LogP contribution in [0.2, 0.25) is 0 Å². The summed E-state index contributed by atoms with van der Waals surface area (Å²) in [6.07, 6.45) is 5.08. The molecule has 0 saturated heterocycles. The third kappa shape index (κ3) is 2.03. The van der Waals surface area contributed by atoms with E-state index in [1.54, 1.807) is 6.21 Å². The van der Waals surface area contributed by atoms with Crippen LogP contribution in [0.5, 0.6) is 0 Å². The van der Waals surface area contributed by atoms with Gasteiger partial charge in [-0.15, -0.1) is 12.4 Å². The summed E-state index contributed by atoms with van der Waals surface area (Å²) in [5, 5.41) is 9.52. The molecule has 17 heavy (non-hydrogen) atoms. The van der Waals surface area contributed by atoms with Gasteiger partial charge in [-0.3, -0.25) is 5.73 Å². The second-order valence-electron chi connectivity index (χ2n) is 4.40. The number of fused-ring (bicyclic) bond motifs is 1. The van der Waals surface area contributed by atoms with Gasteiger partial charge in [0.1, 0.15) is 12.1 Å². The molecule has 92 valence electrons. The summed E-state index contributed by atoms with van der Waals surface area (Å²) < 4.78 is 0. The molecule has 3 aliphatic rings. The van der Waals surface area contributed by atoms with Crippen LogP contribution in [0.15, 0.2) is 20.0 Å². The van der Waals surface area contributed by atoms with E-state index in [-0.39, 0.29) is 24.4 Å². The van der Waals surface area contributed by atoms with Gasteiger partial charge in [0.2, 0.25) is 5.79 Å². The van der Waals surface area contributed by atoms with E-state index in [4.69, 9.17) is 5.73 Å². The Labute approximate surface area is 105 Å². The van der Waals surface area contributed by atoms with Gasteiger partial charge in [0.15, 0.2) is 5.84 Å². The Kier molecular flexibility index (Phi) is 3.11. The minimum Gasteiger partial charge on any atom is -0.393 e. The first-order chi connectivity index (χ1) is 7.67. The summed E-state index contributed by atoms with van der Waals surface area (Å²) in [5.74, 6) is -0.324. The number of rotatable bonds is 1. The third-order valence-electron chi connectivity index (χ3n) is 3.29. The summed E-state index contributed by atoms with van der Waals surface area (Å²) >= 11 is 0. The lowest BCUT2D eigenvalue weighted by molar-refractivity contribution is 0.167. The average molecular weight is 256 g/mol. The molecular formula is C10H14ClN5O. The topological polar surface area (TPSA) is 95.7 Å². The van der Waals surface area contributed by atoms with Crippen LogP contribution in [0.1, 0.15) is 19.3 Å². The number of halogens is 1. The average Bonchev–Trinajstić information content (AvgIpc) is 2.85. The number of hydrogen-bond donors (Lipinski definition) is 2. The van der Waals surface area contributed by atoms with E-state index < -0.39 is 5.79 Å². The van der Waals surface area contributed by atoms with Crippen molar-refractivity contribution in [2.45, 2.75) is 31.2 Å². The fourth-order valence-electron chi connectivity index (χ4n) is 2.35. The normalized spacial score (nSPS) is 38.5. The SMILES string of the molecule is Cl.NC1([C@H]2CC[C@@H](O)C2)N=CC2=NC=NC2=N1. The van der Waals surface area contributed by atoms with E-state index in [9.17, 15) is 5.11 Å². The molecule has 2 aliphatic heterocycles. The molecule has 1 fully saturated rings. The summed E-state index contributed by atoms with van der Waals surface area (Å²) in [6.45, 7) is 0. The molecule has 0 amide bonds. The van der Waals surface area contributed by atoms with Gasteiger partial charge >= 0.3 is 0 Å². The third-order valence-corrected chi connectivity index (χ3v) is 3.29. The number of aliphatic hydroxyl groups is 1. The van der Waals surface area contributed by atoms with Crippen LogP contribution in [0.25, 0.3) is 0 Å². The monoisotopic (exact) mass is 255 g/mol. The molecule has 6 nitrogen and oxygen atoms in total. The van der Waals surface area contributed by atoms with Gasteiger partial charge < -0.3 is 5.11 Å². The highest BCUT2D eigenvalue weighted by atomic mass is 35.5. The second kappa shape index (κ2) is 4.29. The van der Waals surface area contributed by atoms with Crippen molar-refractivity contribution >= 4 is 36.5 Å². The van der Waals surface area contributed by atoms with Gasteiger partial charge in [0.05, 0.1) is 12.3 Å². The predicted molar refractivity (Wildman–Crippen MR) is 69.4 cm³/mol. The summed E-state index contributed by atoms with van der Waals surface area (Å²) in [4.78, 5) is 16.6. The number of amidine groups is 1. The standard InChI is InChI=1S/C10H13N5O.ClH/c11-10(6-1-2-7(16)3-6)14-4-8-9(15-10)13-5-12-8;/h4-7,16H,1-3,11H2;1H/t6-,7+,10?;/m0./s1. The Morgan fingerprint density at radius 1 is 1.41 bits per heavy atom. The van der Waals surface area contributed by atoms with Crippen LogP contribution >= 0.6 is 12.4 Å². The summed E-state index contributed by atoms with van der Waals surface area (Å²) in [6, 6.07) is 0. The van der Waals surface area contributed by atoms with E-state index in [1.165, 1.54) is 6.34 Å². The molecule has 3 atom stereocenters. The van der Waals surface area contributed by atoms with Gasteiger partial charge in [-0.05, 0) is 19.3 Å². The number of aliphatic imine (C=N–C) groups is 4. The lowest BCUT2D eigenvalue weighted by atomic mass is 9.99. The van der Waals surface area contributed by atoms with Crippen molar-refractivity contribution in [1.29, 1.82) is 0 Å². The van der Waals surface area contributed by atoms with Crippen molar-refractivity contribution in [2.75, 3.05) is 0 Å². The molecule has 0 aromatic rings. The van der Waals surface area contributed by atoms with Crippen molar-refractivity contribution in [3.63, 3.8) is 0 Å². The molecular weight excluding hydrogens is 242 g/mol. The zero-order chi connectivity index (χ0) is 11.2. The fraction of sp³-hybridized carbons (Fsp3) is 0.600. The zero-order valence-electron chi connectivity index (χ0n) is 9.15. The molecule has 3 rings (SSSR count). The number of hydrogen-bond acceptors (Lipinski definition) is 6. The second-order valence-corrected chi connectivity index (χ2v) is 4.40. The largest absolute Gasteiger partial charge is 0.393 e. The van der Waals surface area contributed by atoms with Gasteiger partial charge in [0.25, 0.3) is 0 Å². The zero-order valence-corrected chi connectivity index (χ0v) is 9.97. The molecule has 0 radical (unpaired) electrons. The smallest absolute Gasteiger partial charge is 0.207 e. The van der Waals surface area contributed by atoms with Gasteiger partial charge in [-0.2, -0.15) is 0 Å². The summed E-state index contributed by atoms with van der Waals surface area (Å²) in [7, 11) is 0. The first-order valence-electron chi connectivity index (χ1n) is 5.40. The lowest BCUT2D eigenvalue weighted by Gasteiger charge is -2.29. The molecule has 1 aliphatic carbocycles. The van der Waals surface area contributed by atoms with Crippen molar-refractivity contribution in [1.82, 2.24) is 0 Å². The summed E-state index contributed by atoms with van der Waals surface area (Å²) in [5.41, 5.74) is 6.82. The van der Waals surface area contributed by atoms with E-state index >= 15 is 0 Å². The maximum Gasteiger partial charge on any atom is 0.207 e. The van der Waals surface area contributed by atoms with Gasteiger partial charge in [-0.25, -0.2) is 20.0 Å². The van der Waals surface area contributed by atoms with Gasteiger partial charge in [0, 0.05) is 5.92 Å². The molecule has 0 aromatic carbocycles. The highest BCUT2D eigenvalue weighted by molar-refractivity contribution is 6.65. The molecule has 3 N–H and O–H groups in total. The molecule has 1 unspecified atom stereocenters. The van der Waals surface area contributed by atoms with Crippen LogP contribution in [0.4, 0.5) is 0 Å². The fourth-order valence-corrected chi connectivity index (χ4v) is 2.35. The first-order valence-corrected chi connectivity index (χ1v) is 5.40. The molecule has 2 heterocycles. The predicted octanol–water partition coefficient (Wildman–Crippen LogP) is 0.147. The Hall–Kier alpha value is -1.11. The highest BCUT2D eigenvalue weighted by Crippen LogP contribution is 2.35. The van der Waals surface area contributed by atoms with Crippen LogP contribution in [0, 0.1) is 5.92 Å². The van der Waals surface area contributed by atoms with Crippen LogP contribution in [-0.4, -0.2) is 41.1 Å². The number of nitrogens with two attached hydrogens (primary N) is 1. The van der Waals surface area contributed by atoms with Crippen LogP contribution < -0.4 is 5.73 Å². The quantitative estimate of drug-likeness (QED) is 0.697. The minimum atomic E-state index is -0.965. The van der Waals surface area contributed by atoms with Crippen LogP contribution in [0.3, 0.4) is 0 Å². The number of nitrogens with zero attached hydrogens (tertiary/aromatic N) is 4. The Morgan fingerprint density at radius 3 is 2.94 bits per heavy atom. The van der Waals surface area contributed by atoms with Gasteiger partial charge in [-0.1, -0.05) is 0 Å². The Balaban J connectivity index is 0.00000108. The Bertz CT molecular complexity index is 444. The molecule has 0 bridgehead atoms. The van der Waals surface area contributed by atoms with E-state index in [2.05, 4.69) is 20.0 Å². The van der Waals surface area contributed by atoms with Crippen molar-refractivity contribution < 1.29 is 5.11 Å². The maximum absolute atomic E-state index is 9.52. The van der Waals surface area contributed by atoms with E-state index in [0.29, 0.717) is 18.0 Å². The maximum atomic E-state index is 9.52. The molecule has 1 saturated carbocycles. The van der Waals surface area contributed by atoms with Crippen molar-refractivity contribution in [3.05, 3.63) is 0 Å². The minimum absolute atomic E-state index is 0. The first kappa shape index (κ1) is 12.3. The molecule has 0 spiro atoms. The molecule has 0 aromatic heterocycles. The van der Waals surface area contributed by atoms with E-state index in [0.717, 1.165) is 12.8 Å². The highest BCUT2D eigenvalue weighted by Gasteiger charge is 2.41. The van der Waals surface area contributed by atoms with Crippen LogP contribution in [-0.2, 0) is 0 Å². The van der Waals surface area contributed by atoms with E-state index in [1.807, 2.05) is 0 Å². The molecule has 7 heteroatoms.